The van der Waals surface area contributed by atoms with Crippen molar-refractivity contribution in [1.29, 1.82) is 0 Å². The van der Waals surface area contributed by atoms with Gasteiger partial charge in [0.05, 0.1) is 11.1 Å². The number of aromatic nitrogens is 3. The number of carbonyl (C=O) groups excluding carboxylic acids is 2. The summed E-state index contributed by atoms with van der Waals surface area (Å²) in [5.74, 6) is -0.357. The second kappa shape index (κ2) is 9.36. The molecule has 158 valence electrons. The highest BCUT2D eigenvalue weighted by Crippen LogP contribution is 2.38. The molecule has 1 aromatic carbocycles. The van der Waals surface area contributed by atoms with E-state index in [0.29, 0.717) is 23.7 Å². The molecular weight excluding hydrogens is 402 g/mol. The van der Waals surface area contributed by atoms with E-state index in [2.05, 4.69) is 20.9 Å². The predicted octanol–water partition coefficient (Wildman–Crippen LogP) is 2.78. The van der Waals surface area contributed by atoms with Crippen LogP contribution in [-0.2, 0) is 28.9 Å². The molecule has 0 radical (unpaired) electrons. The van der Waals surface area contributed by atoms with Gasteiger partial charge in [-0.15, -0.1) is 16.4 Å². The van der Waals surface area contributed by atoms with Crippen molar-refractivity contribution in [3.8, 4) is 0 Å². The summed E-state index contributed by atoms with van der Waals surface area (Å²) in [6.45, 7) is 1.17. The molecule has 8 nitrogen and oxygen atoms in total. The Morgan fingerprint density at radius 1 is 1.23 bits per heavy atom. The number of thiophene rings is 1. The van der Waals surface area contributed by atoms with Crippen LogP contribution in [0.1, 0.15) is 40.1 Å². The Kier molecular flexibility index (Phi) is 6.39. The largest absolute Gasteiger partial charge is 0.385 e. The monoisotopic (exact) mass is 427 g/mol. The van der Waals surface area contributed by atoms with Crippen molar-refractivity contribution in [3.63, 3.8) is 0 Å². The van der Waals surface area contributed by atoms with Crippen LogP contribution in [0, 0.1) is 0 Å². The number of aryl methyl sites for hydroxylation is 1. The molecular formula is C21H25N5O3S. The number of hydrogen-bond acceptors (Lipinski definition) is 6. The number of anilines is 1. The summed E-state index contributed by atoms with van der Waals surface area (Å²) in [5, 5.41) is 14.7. The first-order valence-electron chi connectivity index (χ1n) is 10.2. The molecule has 3 aromatic rings. The number of para-hydroxylation sites is 1. The summed E-state index contributed by atoms with van der Waals surface area (Å²) in [6.07, 6.45) is 4.74. The smallest absolute Gasteiger partial charge is 0.254 e. The molecule has 30 heavy (non-hydrogen) atoms. The van der Waals surface area contributed by atoms with Crippen molar-refractivity contribution in [3.05, 3.63) is 40.3 Å². The Balaban J connectivity index is 1.52. The fraction of sp³-hybridized carbons (Fsp3) is 0.429. The maximum absolute atomic E-state index is 12.9. The van der Waals surface area contributed by atoms with E-state index in [0.717, 1.165) is 48.7 Å². The number of nitrogens with zero attached hydrogens (tertiary/aromatic N) is 3. The molecule has 0 unspecified atom stereocenters. The van der Waals surface area contributed by atoms with Crippen LogP contribution in [0.4, 0.5) is 5.00 Å². The summed E-state index contributed by atoms with van der Waals surface area (Å²) in [4.78, 5) is 26.9. The van der Waals surface area contributed by atoms with Crippen molar-refractivity contribution in [1.82, 2.24) is 20.3 Å². The van der Waals surface area contributed by atoms with E-state index in [1.54, 1.807) is 11.8 Å². The maximum atomic E-state index is 12.9. The fourth-order valence-corrected chi connectivity index (χ4v) is 5.04. The number of nitrogens with one attached hydrogen (secondary N) is 2. The Morgan fingerprint density at radius 3 is 2.93 bits per heavy atom. The minimum atomic E-state index is -0.224. The summed E-state index contributed by atoms with van der Waals surface area (Å²) in [7, 11) is 1.64. The topological polar surface area (TPSA) is 98.1 Å². The zero-order chi connectivity index (χ0) is 20.9. The standard InChI is InChI=1S/C21H25N5O3S/c1-29-12-6-11-22-20(28)19-14-7-2-5-10-17(14)30-21(19)23-18(27)13-26-16-9-4-3-8-15(16)24-25-26/h3-4,8-9H,2,5-7,10-13H2,1H3,(H,22,28)(H,23,27). The van der Waals surface area contributed by atoms with Gasteiger partial charge in [0, 0.05) is 25.1 Å². The second-order valence-corrected chi connectivity index (χ2v) is 8.41. The zero-order valence-corrected chi connectivity index (χ0v) is 17.8. The molecule has 0 saturated heterocycles. The molecule has 4 rings (SSSR count). The third-order valence-corrected chi connectivity index (χ3v) is 6.38. The first-order chi connectivity index (χ1) is 14.7. The van der Waals surface area contributed by atoms with Crippen LogP contribution in [0.25, 0.3) is 11.0 Å². The van der Waals surface area contributed by atoms with Crippen LogP contribution >= 0.6 is 11.3 Å². The van der Waals surface area contributed by atoms with Crippen molar-refractivity contribution in [2.45, 2.75) is 38.6 Å². The molecule has 2 aromatic heterocycles. The molecule has 0 saturated carbocycles. The molecule has 1 aliphatic carbocycles. The van der Waals surface area contributed by atoms with Gasteiger partial charge in [-0.05, 0) is 49.8 Å². The first-order valence-corrected chi connectivity index (χ1v) is 11.0. The van der Waals surface area contributed by atoms with Crippen LogP contribution in [0.3, 0.4) is 0 Å². The van der Waals surface area contributed by atoms with E-state index in [1.165, 1.54) is 16.2 Å². The Labute approximate surface area is 178 Å². The lowest BCUT2D eigenvalue weighted by molar-refractivity contribution is -0.116. The fourth-order valence-electron chi connectivity index (χ4n) is 3.74. The van der Waals surface area contributed by atoms with Gasteiger partial charge in [0.1, 0.15) is 17.1 Å². The van der Waals surface area contributed by atoms with E-state index in [-0.39, 0.29) is 18.4 Å². The third-order valence-electron chi connectivity index (χ3n) is 5.18. The van der Waals surface area contributed by atoms with Gasteiger partial charge in [-0.2, -0.15) is 0 Å². The lowest BCUT2D eigenvalue weighted by Crippen LogP contribution is -2.28. The van der Waals surface area contributed by atoms with Crippen LogP contribution in [0.15, 0.2) is 24.3 Å². The maximum Gasteiger partial charge on any atom is 0.254 e. The molecule has 0 atom stereocenters. The van der Waals surface area contributed by atoms with Crippen molar-refractivity contribution < 1.29 is 14.3 Å². The molecule has 9 heteroatoms. The van der Waals surface area contributed by atoms with E-state index in [4.69, 9.17) is 4.74 Å². The first kappa shape index (κ1) is 20.5. The van der Waals surface area contributed by atoms with Crippen molar-refractivity contribution >= 4 is 39.2 Å². The summed E-state index contributed by atoms with van der Waals surface area (Å²) >= 11 is 1.52. The average molecular weight is 428 g/mol. The SMILES string of the molecule is COCCCNC(=O)c1c(NC(=O)Cn2nnc3ccccc32)sc2c1CCCC2. The quantitative estimate of drug-likeness (QED) is 0.539. The minimum Gasteiger partial charge on any atom is -0.385 e. The zero-order valence-electron chi connectivity index (χ0n) is 16.9. The Morgan fingerprint density at radius 2 is 2.07 bits per heavy atom. The van der Waals surface area contributed by atoms with Crippen molar-refractivity contribution in [2.75, 3.05) is 25.6 Å². The van der Waals surface area contributed by atoms with E-state index >= 15 is 0 Å². The average Bonchev–Trinajstić information content (AvgIpc) is 3.32. The van der Waals surface area contributed by atoms with E-state index < -0.39 is 0 Å². The van der Waals surface area contributed by atoms with Gasteiger partial charge in [-0.3, -0.25) is 9.59 Å². The van der Waals surface area contributed by atoms with E-state index in [1.807, 2.05) is 24.3 Å². The highest BCUT2D eigenvalue weighted by atomic mass is 32.1. The molecule has 2 amide bonds. The number of methoxy groups -OCH3 is 1. The van der Waals surface area contributed by atoms with Gasteiger partial charge >= 0.3 is 0 Å². The predicted molar refractivity (Wildman–Crippen MR) is 116 cm³/mol. The van der Waals surface area contributed by atoms with Crippen LogP contribution < -0.4 is 10.6 Å². The van der Waals surface area contributed by atoms with E-state index in [9.17, 15) is 9.59 Å². The number of benzene rings is 1. The highest BCUT2D eigenvalue weighted by Gasteiger charge is 2.26. The number of ether oxygens (including phenoxy) is 1. The van der Waals surface area contributed by atoms with Gasteiger partial charge < -0.3 is 15.4 Å². The van der Waals surface area contributed by atoms with Crippen LogP contribution in [0.5, 0.6) is 0 Å². The molecule has 1 aliphatic rings. The summed E-state index contributed by atoms with van der Waals surface area (Å²) in [5.41, 5.74) is 3.24. The highest BCUT2D eigenvalue weighted by molar-refractivity contribution is 7.17. The van der Waals surface area contributed by atoms with Gasteiger partial charge in [0.25, 0.3) is 5.91 Å². The lowest BCUT2D eigenvalue weighted by Gasteiger charge is -2.13. The molecule has 0 aliphatic heterocycles. The molecule has 0 bridgehead atoms. The number of fused-ring (bicyclic) bond motifs is 2. The Bertz CT molecular complexity index is 1060. The molecule has 2 N–H and O–H groups in total. The van der Waals surface area contributed by atoms with Gasteiger partial charge in [-0.1, -0.05) is 17.3 Å². The molecule has 0 fully saturated rings. The summed E-state index contributed by atoms with van der Waals surface area (Å²) in [6, 6.07) is 7.51. The number of carbonyl (C=O) groups is 2. The lowest BCUT2D eigenvalue weighted by atomic mass is 9.95. The minimum absolute atomic E-state index is 0.0397. The number of rotatable bonds is 8. The van der Waals surface area contributed by atoms with Gasteiger partial charge in [0.2, 0.25) is 5.91 Å². The summed E-state index contributed by atoms with van der Waals surface area (Å²) < 4.78 is 6.61. The third kappa shape index (κ3) is 4.36. The molecule has 0 spiro atoms. The van der Waals surface area contributed by atoms with Crippen molar-refractivity contribution in [2.24, 2.45) is 0 Å². The number of hydrogen-bond donors (Lipinski definition) is 2. The second-order valence-electron chi connectivity index (χ2n) is 7.30. The number of amides is 2. The molecule has 2 heterocycles. The van der Waals surface area contributed by atoms with Gasteiger partial charge in [-0.25, -0.2) is 4.68 Å². The van der Waals surface area contributed by atoms with Gasteiger partial charge in [0.15, 0.2) is 0 Å². The Hall–Kier alpha value is -2.78. The van der Waals surface area contributed by atoms with Crippen LogP contribution in [0.2, 0.25) is 0 Å². The van der Waals surface area contributed by atoms with Crippen LogP contribution in [-0.4, -0.2) is 47.1 Å². The normalized spacial score (nSPS) is 13.2.